The van der Waals surface area contributed by atoms with Gasteiger partial charge in [0.05, 0.1) is 33.6 Å². The van der Waals surface area contributed by atoms with Crippen LogP contribution in [0.25, 0.3) is 0 Å². The van der Waals surface area contributed by atoms with Gasteiger partial charge in [-0.3, -0.25) is 4.98 Å². The molecule has 0 fully saturated rings. The highest BCUT2D eigenvalue weighted by Crippen LogP contribution is 2.40. The monoisotopic (exact) mass is 467 g/mol. The van der Waals surface area contributed by atoms with E-state index in [1.165, 1.54) is 0 Å². The molecular formula is C25H29N3O4S. The zero-order valence-electron chi connectivity index (χ0n) is 19.3. The van der Waals surface area contributed by atoms with E-state index in [2.05, 4.69) is 10.3 Å². The number of hydrogen-bond acceptors (Lipinski definition) is 6. The highest BCUT2D eigenvalue weighted by atomic mass is 32.1. The Morgan fingerprint density at radius 1 is 0.909 bits per heavy atom. The summed E-state index contributed by atoms with van der Waals surface area (Å²) in [6.45, 7) is 3.54. The third kappa shape index (κ3) is 6.04. The van der Waals surface area contributed by atoms with Crippen molar-refractivity contribution in [2.24, 2.45) is 0 Å². The number of para-hydroxylation sites is 2. The minimum absolute atomic E-state index is 0.473. The lowest BCUT2D eigenvalue weighted by atomic mass is 10.1. The molecule has 0 aliphatic carbocycles. The predicted molar refractivity (Wildman–Crippen MR) is 133 cm³/mol. The molecule has 0 saturated heterocycles. The van der Waals surface area contributed by atoms with E-state index in [-0.39, 0.29) is 0 Å². The average Bonchev–Trinajstić information content (AvgIpc) is 2.85. The molecule has 1 heterocycles. The average molecular weight is 468 g/mol. The van der Waals surface area contributed by atoms with Crippen molar-refractivity contribution >= 4 is 23.0 Å². The standard InChI is InChI=1S/C25H29N3O4S/c1-5-32-21-11-7-6-10-20(21)27-25(33)28(16-18-9-8-14-26-15-18)17-19-12-13-22(29-2)24(31-4)23(19)30-3/h6-15H,5,16-17H2,1-4H3,(H,27,33). The minimum atomic E-state index is 0.473. The summed E-state index contributed by atoms with van der Waals surface area (Å²) in [5.74, 6) is 2.49. The fourth-order valence-corrected chi connectivity index (χ4v) is 3.69. The Hall–Kier alpha value is -3.52. The number of benzene rings is 2. The molecule has 174 valence electrons. The van der Waals surface area contributed by atoms with Crippen LogP contribution >= 0.6 is 12.2 Å². The second kappa shape index (κ2) is 11.9. The first kappa shape index (κ1) is 24.1. The Labute approximate surface area is 200 Å². The number of anilines is 1. The highest BCUT2D eigenvalue weighted by molar-refractivity contribution is 7.80. The van der Waals surface area contributed by atoms with E-state index in [0.29, 0.717) is 42.1 Å². The van der Waals surface area contributed by atoms with Gasteiger partial charge in [0.1, 0.15) is 5.75 Å². The molecule has 1 aromatic heterocycles. The summed E-state index contributed by atoms with van der Waals surface area (Å²) in [4.78, 5) is 6.28. The minimum Gasteiger partial charge on any atom is -0.493 e. The second-order valence-electron chi connectivity index (χ2n) is 7.07. The van der Waals surface area contributed by atoms with Crippen molar-refractivity contribution in [2.75, 3.05) is 33.3 Å². The van der Waals surface area contributed by atoms with E-state index < -0.39 is 0 Å². The number of rotatable bonds is 10. The smallest absolute Gasteiger partial charge is 0.203 e. The Kier molecular flexibility index (Phi) is 8.71. The highest BCUT2D eigenvalue weighted by Gasteiger charge is 2.20. The number of nitrogens with one attached hydrogen (secondary N) is 1. The summed E-state index contributed by atoms with van der Waals surface area (Å²) in [6, 6.07) is 15.5. The summed E-state index contributed by atoms with van der Waals surface area (Å²) >= 11 is 5.83. The number of aromatic nitrogens is 1. The number of nitrogens with zero attached hydrogens (tertiary/aromatic N) is 2. The zero-order valence-corrected chi connectivity index (χ0v) is 20.1. The van der Waals surface area contributed by atoms with E-state index in [0.717, 1.165) is 22.6 Å². The van der Waals surface area contributed by atoms with E-state index in [9.17, 15) is 0 Å². The molecule has 0 atom stereocenters. The summed E-state index contributed by atoms with van der Waals surface area (Å²) in [7, 11) is 4.80. The van der Waals surface area contributed by atoms with Crippen molar-refractivity contribution in [3.63, 3.8) is 0 Å². The molecule has 1 N–H and O–H groups in total. The Bertz CT molecular complexity index is 1060. The van der Waals surface area contributed by atoms with Gasteiger partial charge >= 0.3 is 0 Å². The molecule has 33 heavy (non-hydrogen) atoms. The van der Waals surface area contributed by atoms with Crippen LogP contribution in [0.15, 0.2) is 60.9 Å². The number of thiocarbonyl (C=S) groups is 1. The molecule has 0 aliphatic heterocycles. The number of pyridine rings is 1. The lowest BCUT2D eigenvalue weighted by Gasteiger charge is -2.28. The van der Waals surface area contributed by atoms with Crippen molar-refractivity contribution in [3.8, 4) is 23.0 Å². The second-order valence-corrected chi connectivity index (χ2v) is 7.46. The van der Waals surface area contributed by atoms with Crippen LogP contribution in [0, 0.1) is 0 Å². The molecule has 7 nitrogen and oxygen atoms in total. The van der Waals surface area contributed by atoms with Crippen LogP contribution in [-0.2, 0) is 13.1 Å². The number of ether oxygens (including phenoxy) is 4. The maximum Gasteiger partial charge on any atom is 0.203 e. The molecule has 2 aromatic carbocycles. The first-order valence-electron chi connectivity index (χ1n) is 10.6. The van der Waals surface area contributed by atoms with Crippen molar-refractivity contribution in [2.45, 2.75) is 20.0 Å². The van der Waals surface area contributed by atoms with Crippen molar-refractivity contribution in [3.05, 3.63) is 72.1 Å². The van der Waals surface area contributed by atoms with Gasteiger partial charge in [-0.1, -0.05) is 18.2 Å². The fourth-order valence-electron chi connectivity index (χ4n) is 3.45. The van der Waals surface area contributed by atoms with Gasteiger partial charge in [-0.05, 0) is 55.0 Å². The van der Waals surface area contributed by atoms with Crippen LogP contribution in [0.1, 0.15) is 18.1 Å². The fraction of sp³-hybridized carbons (Fsp3) is 0.280. The van der Waals surface area contributed by atoms with Crippen LogP contribution in [0.2, 0.25) is 0 Å². The summed E-state index contributed by atoms with van der Waals surface area (Å²) in [5.41, 5.74) is 2.74. The van der Waals surface area contributed by atoms with Crippen LogP contribution in [0.5, 0.6) is 23.0 Å². The van der Waals surface area contributed by atoms with E-state index >= 15 is 0 Å². The Morgan fingerprint density at radius 2 is 1.70 bits per heavy atom. The molecule has 8 heteroatoms. The molecule has 0 saturated carbocycles. The van der Waals surface area contributed by atoms with Gasteiger partial charge in [0, 0.05) is 31.0 Å². The molecule has 0 amide bonds. The summed E-state index contributed by atoms with van der Waals surface area (Å²) in [6.07, 6.45) is 3.58. The zero-order chi connectivity index (χ0) is 23.6. The van der Waals surface area contributed by atoms with E-state index in [4.69, 9.17) is 31.2 Å². The van der Waals surface area contributed by atoms with Crippen LogP contribution in [0.4, 0.5) is 5.69 Å². The van der Waals surface area contributed by atoms with Gasteiger partial charge < -0.3 is 29.2 Å². The Balaban J connectivity index is 1.93. The van der Waals surface area contributed by atoms with Crippen LogP contribution in [-0.4, -0.2) is 42.9 Å². The third-order valence-electron chi connectivity index (χ3n) is 4.96. The molecule has 0 radical (unpaired) electrons. The normalized spacial score (nSPS) is 10.3. The molecule has 0 unspecified atom stereocenters. The van der Waals surface area contributed by atoms with Gasteiger partial charge in [0.15, 0.2) is 16.6 Å². The van der Waals surface area contributed by atoms with Gasteiger partial charge in [0.2, 0.25) is 5.75 Å². The van der Waals surface area contributed by atoms with Gasteiger partial charge in [-0.25, -0.2) is 0 Å². The first-order chi connectivity index (χ1) is 16.1. The lowest BCUT2D eigenvalue weighted by molar-refractivity contribution is 0.316. The number of methoxy groups -OCH3 is 3. The topological polar surface area (TPSA) is 65.1 Å². The summed E-state index contributed by atoms with van der Waals surface area (Å²) in [5, 5.41) is 3.88. The maximum atomic E-state index is 5.83. The molecule has 0 spiro atoms. The third-order valence-corrected chi connectivity index (χ3v) is 5.32. The maximum absolute atomic E-state index is 5.83. The van der Waals surface area contributed by atoms with Crippen molar-refractivity contribution in [1.29, 1.82) is 0 Å². The van der Waals surface area contributed by atoms with Gasteiger partial charge in [-0.2, -0.15) is 0 Å². The molecule has 0 aliphatic rings. The number of hydrogen-bond donors (Lipinski definition) is 1. The van der Waals surface area contributed by atoms with E-state index in [1.54, 1.807) is 27.5 Å². The Morgan fingerprint density at radius 3 is 2.36 bits per heavy atom. The quantitative estimate of drug-likeness (QED) is 0.422. The van der Waals surface area contributed by atoms with Crippen LogP contribution in [0.3, 0.4) is 0 Å². The van der Waals surface area contributed by atoms with Crippen LogP contribution < -0.4 is 24.3 Å². The van der Waals surface area contributed by atoms with Gasteiger partial charge in [0.25, 0.3) is 0 Å². The largest absolute Gasteiger partial charge is 0.493 e. The molecule has 0 bridgehead atoms. The molecule has 3 aromatic rings. The SMILES string of the molecule is CCOc1ccccc1NC(=S)N(Cc1cccnc1)Cc1ccc(OC)c(OC)c1OC. The van der Waals surface area contributed by atoms with E-state index in [1.807, 2.05) is 66.6 Å². The first-order valence-corrected chi connectivity index (χ1v) is 11.0. The predicted octanol–water partition coefficient (Wildman–Crippen LogP) is 4.91. The molecule has 3 rings (SSSR count). The lowest BCUT2D eigenvalue weighted by Crippen LogP contribution is -2.34. The van der Waals surface area contributed by atoms with Gasteiger partial charge in [-0.15, -0.1) is 0 Å². The molecular weight excluding hydrogens is 438 g/mol. The summed E-state index contributed by atoms with van der Waals surface area (Å²) < 4.78 is 22.4. The van der Waals surface area contributed by atoms with Crippen molar-refractivity contribution in [1.82, 2.24) is 9.88 Å². The van der Waals surface area contributed by atoms with Crippen molar-refractivity contribution < 1.29 is 18.9 Å².